The van der Waals surface area contributed by atoms with E-state index in [0.717, 1.165) is 0 Å². The Balaban J connectivity index is 1.63. The van der Waals surface area contributed by atoms with Gasteiger partial charge in [-0.05, 0) is 57.1 Å². The maximum Gasteiger partial charge on any atom is 0.254 e. The van der Waals surface area contributed by atoms with Crippen LogP contribution in [-0.2, 0) is 14.8 Å². The first-order chi connectivity index (χ1) is 14.4. The average Bonchev–Trinajstić information content (AvgIpc) is 2.90. The molecule has 3 rings (SSSR count). The minimum Gasteiger partial charge on any atom is -0.342 e. The number of amides is 1. The van der Waals surface area contributed by atoms with Gasteiger partial charge in [0.05, 0.1) is 4.90 Å². The minimum atomic E-state index is -3.68. The van der Waals surface area contributed by atoms with Gasteiger partial charge in [0.2, 0.25) is 10.0 Å². The molecule has 0 aliphatic carbocycles. The summed E-state index contributed by atoms with van der Waals surface area (Å²) in [7, 11) is -3.68. The number of carbonyl (C=O) groups excluding carboxylic acids is 2. The Morgan fingerprint density at radius 2 is 1.94 bits per heavy atom. The van der Waals surface area contributed by atoms with Gasteiger partial charge >= 0.3 is 0 Å². The summed E-state index contributed by atoms with van der Waals surface area (Å²) in [5, 5.41) is 11.3. The van der Waals surface area contributed by atoms with Crippen molar-refractivity contribution < 1.29 is 18.0 Å². The molecule has 2 aliphatic heterocycles. The van der Waals surface area contributed by atoms with E-state index in [1.54, 1.807) is 12.1 Å². The van der Waals surface area contributed by atoms with Crippen LogP contribution in [0, 0.1) is 17.2 Å². The van der Waals surface area contributed by atoms with E-state index in [-0.39, 0.29) is 28.5 Å². The zero-order valence-corrected chi connectivity index (χ0v) is 19.5. The zero-order chi connectivity index (χ0) is 23.0. The number of hydrogen-bond acceptors (Lipinski definition) is 5. The highest BCUT2D eigenvalue weighted by Gasteiger charge is 2.46. The van der Waals surface area contributed by atoms with E-state index in [0.29, 0.717) is 50.4 Å². The summed E-state index contributed by atoms with van der Waals surface area (Å²) in [6.07, 6.45) is 1.88. The lowest BCUT2D eigenvalue weighted by molar-refractivity contribution is -0.131. The van der Waals surface area contributed by atoms with Gasteiger partial charge in [0.15, 0.2) is 11.7 Å². The molecule has 1 amide bonds. The first kappa shape index (κ1) is 23.4. The minimum absolute atomic E-state index is 0.0812. The molecule has 31 heavy (non-hydrogen) atoms. The second kappa shape index (κ2) is 8.70. The van der Waals surface area contributed by atoms with Gasteiger partial charge in [0.25, 0.3) is 5.91 Å². The number of Topliss-reactive ketones (excluding diaryl/α,β-unsaturated/α-hetero) is 1. The summed E-state index contributed by atoms with van der Waals surface area (Å²) in [6.45, 7) is 8.48. The van der Waals surface area contributed by atoms with Gasteiger partial charge in [-0.15, -0.1) is 0 Å². The lowest BCUT2D eigenvalue weighted by Crippen LogP contribution is -2.46. The van der Waals surface area contributed by atoms with Crippen molar-refractivity contribution in [3.63, 3.8) is 0 Å². The predicted octanol–water partition coefficient (Wildman–Crippen LogP) is 2.46. The molecule has 2 fully saturated rings. The number of guanidine groups is 1. The molecule has 8 nitrogen and oxygen atoms in total. The number of sulfonamides is 1. The van der Waals surface area contributed by atoms with Crippen molar-refractivity contribution in [2.45, 2.75) is 57.4 Å². The van der Waals surface area contributed by atoms with Crippen LogP contribution in [-0.4, -0.2) is 60.4 Å². The number of rotatable bonds is 7. The average molecular weight is 449 g/mol. The third-order valence-corrected chi connectivity index (χ3v) is 7.99. The summed E-state index contributed by atoms with van der Waals surface area (Å²) in [4.78, 5) is 26.2. The first-order valence-corrected chi connectivity index (χ1v) is 12.2. The van der Waals surface area contributed by atoms with Crippen molar-refractivity contribution in [3.8, 4) is 0 Å². The Hall–Kier alpha value is -2.26. The zero-order valence-electron chi connectivity index (χ0n) is 18.6. The van der Waals surface area contributed by atoms with Crippen LogP contribution in [0.25, 0.3) is 0 Å². The van der Waals surface area contributed by atoms with Crippen LogP contribution in [0.4, 0.5) is 0 Å². The highest BCUT2D eigenvalue weighted by atomic mass is 32.2. The molecule has 0 aromatic heterocycles. The van der Waals surface area contributed by atoms with E-state index < -0.39 is 15.6 Å². The Morgan fingerprint density at radius 3 is 2.52 bits per heavy atom. The highest BCUT2D eigenvalue weighted by molar-refractivity contribution is 7.89. The van der Waals surface area contributed by atoms with Crippen LogP contribution < -0.4 is 5.32 Å². The summed E-state index contributed by atoms with van der Waals surface area (Å²) in [6, 6.07) is 6.13. The van der Waals surface area contributed by atoms with Gasteiger partial charge in [-0.3, -0.25) is 19.9 Å². The van der Waals surface area contributed by atoms with Gasteiger partial charge in [0.1, 0.15) is 5.54 Å². The lowest BCUT2D eigenvalue weighted by atomic mass is 9.90. The maximum absolute atomic E-state index is 13.0. The second-order valence-electron chi connectivity index (χ2n) is 9.25. The molecule has 170 valence electrons. The summed E-state index contributed by atoms with van der Waals surface area (Å²) in [5.74, 6) is 0.324. The van der Waals surface area contributed by atoms with Crippen LogP contribution in [0.2, 0.25) is 0 Å². The molecule has 1 unspecified atom stereocenters. The number of nitrogens with zero attached hydrogens (tertiary/aromatic N) is 2. The molecule has 2 heterocycles. The van der Waals surface area contributed by atoms with Gasteiger partial charge in [-0.25, -0.2) is 8.42 Å². The number of piperidine rings is 1. The molecule has 2 aliphatic rings. The topological polar surface area (TPSA) is 111 Å². The molecule has 0 radical (unpaired) electrons. The van der Waals surface area contributed by atoms with Crippen LogP contribution in [0.1, 0.15) is 57.3 Å². The third-order valence-electron chi connectivity index (χ3n) is 6.09. The number of ketones is 1. The van der Waals surface area contributed by atoms with Crippen LogP contribution in [0.5, 0.6) is 0 Å². The van der Waals surface area contributed by atoms with Crippen LogP contribution in [0.3, 0.4) is 0 Å². The predicted molar refractivity (Wildman–Crippen MR) is 118 cm³/mol. The van der Waals surface area contributed by atoms with Crippen LogP contribution >= 0.6 is 0 Å². The molecule has 1 atom stereocenters. The van der Waals surface area contributed by atoms with Crippen molar-refractivity contribution in [1.29, 1.82) is 5.41 Å². The Morgan fingerprint density at radius 1 is 1.29 bits per heavy atom. The third kappa shape index (κ3) is 4.82. The Bertz CT molecular complexity index is 983. The highest BCUT2D eigenvalue weighted by Crippen LogP contribution is 2.29. The fourth-order valence-corrected chi connectivity index (χ4v) is 6.04. The fraction of sp³-hybridized carbons (Fsp3) is 0.591. The molecule has 0 saturated carbocycles. The monoisotopic (exact) mass is 448 g/mol. The quantitative estimate of drug-likeness (QED) is 0.623. The van der Waals surface area contributed by atoms with Gasteiger partial charge in [-0.1, -0.05) is 26.0 Å². The Labute approximate surface area is 184 Å². The summed E-state index contributed by atoms with van der Waals surface area (Å²) < 4.78 is 27.5. The van der Waals surface area contributed by atoms with Gasteiger partial charge in [-0.2, -0.15) is 4.31 Å². The van der Waals surface area contributed by atoms with E-state index in [9.17, 15) is 18.0 Å². The van der Waals surface area contributed by atoms with Crippen molar-refractivity contribution in [1.82, 2.24) is 14.5 Å². The second-order valence-corrected chi connectivity index (χ2v) is 11.2. The van der Waals surface area contributed by atoms with Gasteiger partial charge < -0.3 is 5.32 Å². The normalized spacial score (nSPS) is 23.5. The SMILES string of the molecule is CC(=O)c1cccc(S(=O)(=O)N2CCC(CN3C(=N)NC(C)(CC(C)C)C3=O)CC2)c1. The van der Waals surface area contributed by atoms with Crippen molar-refractivity contribution >= 4 is 27.7 Å². The van der Waals surface area contributed by atoms with Crippen molar-refractivity contribution in [2.24, 2.45) is 11.8 Å². The number of carbonyl (C=O) groups is 2. The molecule has 0 spiro atoms. The molecule has 1 aromatic rings. The first-order valence-electron chi connectivity index (χ1n) is 10.7. The molecule has 0 bridgehead atoms. The molecule has 2 saturated heterocycles. The van der Waals surface area contributed by atoms with E-state index in [1.165, 1.54) is 28.3 Å². The van der Waals surface area contributed by atoms with Crippen LogP contribution in [0.15, 0.2) is 29.2 Å². The Kier molecular flexibility index (Phi) is 6.57. The van der Waals surface area contributed by atoms with E-state index in [4.69, 9.17) is 5.41 Å². The standard InChI is InChI=1S/C22H32N4O4S/c1-15(2)13-22(4)20(28)26(21(23)24-22)14-17-8-10-25(11-9-17)31(29,30)19-7-5-6-18(12-19)16(3)27/h5-7,12,15,17H,8-11,13-14H2,1-4H3,(H2,23,24). The summed E-state index contributed by atoms with van der Waals surface area (Å²) in [5.41, 5.74) is -0.379. The number of benzene rings is 1. The largest absolute Gasteiger partial charge is 0.342 e. The smallest absolute Gasteiger partial charge is 0.254 e. The van der Waals surface area contributed by atoms with Crippen molar-refractivity contribution in [3.05, 3.63) is 29.8 Å². The van der Waals surface area contributed by atoms with Crippen molar-refractivity contribution in [2.75, 3.05) is 19.6 Å². The molecule has 9 heteroatoms. The lowest BCUT2D eigenvalue weighted by Gasteiger charge is -2.33. The summed E-state index contributed by atoms with van der Waals surface area (Å²) >= 11 is 0. The number of hydrogen-bond donors (Lipinski definition) is 2. The molecule has 2 N–H and O–H groups in total. The fourth-order valence-electron chi connectivity index (χ4n) is 4.53. The maximum atomic E-state index is 13.0. The molecule has 1 aromatic carbocycles. The molecular formula is C22H32N4O4S. The van der Waals surface area contributed by atoms with E-state index in [1.807, 2.05) is 6.92 Å². The van der Waals surface area contributed by atoms with E-state index in [2.05, 4.69) is 19.2 Å². The molecular weight excluding hydrogens is 416 g/mol. The number of nitrogens with one attached hydrogen (secondary N) is 2. The van der Waals surface area contributed by atoms with E-state index >= 15 is 0 Å². The van der Waals surface area contributed by atoms with Gasteiger partial charge in [0, 0.05) is 25.2 Å².